The van der Waals surface area contributed by atoms with E-state index in [1.165, 1.54) is 14.1 Å². The van der Waals surface area contributed by atoms with Crippen LogP contribution < -0.4 is 0 Å². The molecule has 56 heavy (non-hydrogen) atoms. The maximum Gasteiger partial charge on any atom is 0.164 e. The molecule has 262 valence electrons. The van der Waals surface area contributed by atoms with Crippen molar-refractivity contribution in [2.75, 3.05) is 0 Å². The maximum absolute atomic E-state index is 5.28. The van der Waals surface area contributed by atoms with Gasteiger partial charge in [0.2, 0.25) is 0 Å². The summed E-state index contributed by atoms with van der Waals surface area (Å²) in [5.41, 5.74) is 9.03. The van der Waals surface area contributed by atoms with E-state index in [0.29, 0.717) is 17.5 Å². The standard InChI is InChI=1S/C49H29N5S2/c1-4-14-30(15-5-1)33-20-12-21-35(28-33)48-52-47(32-18-8-3-9-19-32)53-49(54-48)37-23-13-25-41-42(37)38-29-34(26-27-40(38)55-41)43-45-44(36-22-10-11-24-39(36)56-45)51-46(50-43)31-16-6-2-7-17-31/h1-29H. The molecule has 0 aliphatic heterocycles. The van der Waals surface area contributed by atoms with Gasteiger partial charge in [0.25, 0.3) is 0 Å². The quantitative estimate of drug-likeness (QED) is 0.169. The van der Waals surface area contributed by atoms with Gasteiger partial charge in [-0.25, -0.2) is 24.9 Å². The lowest BCUT2D eigenvalue weighted by molar-refractivity contribution is 1.08. The van der Waals surface area contributed by atoms with Gasteiger partial charge in [-0.3, -0.25) is 0 Å². The Hall–Kier alpha value is -6.93. The van der Waals surface area contributed by atoms with Crippen molar-refractivity contribution in [3.8, 4) is 67.9 Å². The summed E-state index contributed by atoms with van der Waals surface area (Å²) in [7, 11) is 0. The Morgan fingerprint density at radius 2 is 0.893 bits per heavy atom. The first-order valence-electron chi connectivity index (χ1n) is 18.4. The zero-order valence-corrected chi connectivity index (χ0v) is 31.4. The highest BCUT2D eigenvalue weighted by atomic mass is 32.1. The smallest absolute Gasteiger partial charge is 0.164 e. The third kappa shape index (κ3) is 5.64. The van der Waals surface area contributed by atoms with E-state index in [1.54, 1.807) is 22.7 Å². The Morgan fingerprint density at radius 1 is 0.321 bits per heavy atom. The van der Waals surface area contributed by atoms with Crippen molar-refractivity contribution in [3.05, 3.63) is 176 Å². The van der Waals surface area contributed by atoms with Crippen LogP contribution in [0.15, 0.2) is 176 Å². The van der Waals surface area contributed by atoms with E-state index in [2.05, 4.69) is 133 Å². The van der Waals surface area contributed by atoms with Crippen LogP contribution in [0.5, 0.6) is 0 Å². The highest BCUT2D eigenvalue weighted by Gasteiger charge is 2.20. The summed E-state index contributed by atoms with van der Waals surface area (Å²) in [6.07, 6.45) is 0. The first-order valence-corrected chi connectivity index (χ1v) is 20.0. The van der Waals surface area contributed by atoms with Gasteiger partial charge in [-0.2, -0.15) is 0 Å². The second kappa shape index (κ2) is 13.4. The topological polar surface area (TPSA) is 64.5 Å². The molecule has 4 heterocycles. The summed E-state index contributed by atoms with van der Waals surface area (Å²) >= 11 is 3.53. The zero-order valence-electron chi connectivity index (χ0n) is 29.8. The number of thiophene rings is 2. The van der Waals surface area contributed by atoms with E-state index in [-0.39, 0.29) is 0 Å². The third-order valence-corrected chi connectivity index (χ3v) is 12.5. The largest absolute Gasteiger partial charge is 0.226 e. The van der Waals surface area contributed by atoms with E-state index in [1.807, 2.05) is 42.5 Å². The number of aromatic nitrogens is 5. The lowest BCUT2D eigenvalue weighted by Gasteiger charge is -2.11. The van der Waals surface area contributed by atoms with Crippen molar-refractivity contribution in [1.29, 1.82) is 0 Å². The summed E-state index contributed by atoms with van der Waals surface area (Å²) in [5, 5.41) is 3.40. The molecular formula is C49H29N5S2. The van der Waals surface area contributed by atoms with Gasteiger partial charge in [-0.1, -0.05) is 146 Å². The third-order valence-electron chi connectivity index (χ3n) is 10.2. The minimum atomic E-state index is 0.630. The number of fused-ring (bicyclic) bond motifs is 6. The Morgan fingerprint density at radius 3 is 1.66 bits per heavy atom. The highest BCUT2D eigenvalue weighted by molar-refractivity contribution is 7.26. The molecule has 5 nitrogen and oxygen atoms in total. The van der Waals surface area contributed by atoms with Crippen LogP contribution in [0.4, 0.5) is 0 Å². The van der Waals surface area contributed by atoms with Crippen molar-refractivity contribution in [2.24, 2.45) is 0 Å². The molecule has 0 bridgehead atoms. The van der Waals surface area contributed by atoms with Gasteiger partial charge in [0.1, 0.15) is 0 Å². The minimum absolute atomic E-state index is 0.630. The predicted octanol–water partition coefficient (Wildman–Crippen LogP) is 13.4. The van der Waals surface area contributed by atoms with Gasteiger partial charge in [0.05, 0.1) is 15.9 Å². The summed E-state index contributed by atoms with van der Waals surface area (Å²) in [5.74, 6) is 2.62. The van der Waals surface area contributed by atoms with Crippen molar-refractivity contribution < 1.29 is 0 Å². The van der Waals surface area contributed by atoms with E-state index >= 15 is 0 Å². The zero-order chi connectivity index (χ0) is 37.0. The van der Waals surface area contributed by atoms with Crippen LogP contribution >= 0.6 is 22.7 Å². The average molecular weight is 752 g/mol. The van der Waals surface area contributed by atoms with Crippen LogP contribution in [0.2, 0.25) is 0 Å². The highest BCUT2D eigenvalue weighted by Crippen LogP contribution is 2.44. The molecule has 0 saturated carbocycles. The Labute approximate surface area is 330 Å². The normalized spacial score (nSPS) is 11.6. The fourth-order valence-corrected chi connectivity index (χ4v) is 9.74. The van der Waals surface area contributed by atoms with Gasteiger partial charge in [0.15, 0.2) is 23.3 Å². The monoisotopic (exact) mass is 751 g/mol. The lowest BCUT2D eigenvalue weighted by atomic mass is 10.0. The summed E-state index contributed by atoms with van der Waals surface area (Å²) in [6.45, 7) is 0. The molecule has 0 saturated heterocycles. The molecule has 0 spiro atoms. The molecule has 11 aromatic rings. The average Bonchev–Trinajstić information content (AvgIpc) is 3.85. The van der Waals surface area contributed by atoms with Crippen molar-refractivity contribution in [2.45, 2.75) is 0 Å². The van der Waals surface area contributed by atoms with Crippen LogP contribution in [0.25, 0.3) is 108 Å². The van der Waals surface area contributed by atoms with Crippen molar-refractivity contribution in [3.63, 3.8) is 0 Å². The molecule has 4 aromatic heterocycles. The van der Waals surface area contributed by atoms with Crippen LogP contribution in [0, 0.1) is 0 Å². The molecule has 0 N–H and O–H groups in total. The van der Waals surface area contributed by atoms with Crippen molar-refractivity contribution >= 4 is 63.1 Å². The van der Waals surface area contributed by atoms with E-state index < -0.39 is 0 Å². The minimum Gasteiger partial charge on any atom is -0.226 e. The maximum atomic E-state index is 5.28. The fraction of sp³-hybridized carbons (Fsp3) is 0. The molecule has 0 fully saturated rings. The molecule has 7 heteroatoms. The van der Waals surface area contributed by atoms with E-state index in [0.717, 1.165) is 76.8 Å². The summed E-state index contributed by atoms with van der Waals surface area (Å²) in [6, 6.07) is 60.9. The van der Waals surface area contributed by atoms with Gasteiger partial charge in [0, 0.05) is 58.1 Å². The Balaban J connectivity index is 1.13. The van der Waals surface area contributed by atoms with Crippen LogP contribution in [-0.2, 0) is 0 Å². The first-order chi connectivity index (χ1) is 27.7. The summed E-state index contributed by atoms with van der Waals surface area (Å²) < 4.78 is 4.64. The number of hydrogen-bond donors (Lipinski definition) is 0. The van der Waals surface area contributed by atoms with E-state index in [9.17, 15) is 0 Å². The lowest BCUT2D eigenvalue weighted by Crippen LogP contribution is -2.00. The second-order valence-corrected chi connectivity index (χ2v) is 15.8. The van der Waals surface area contributed by atoms with Crippen molar-refractivity contribution in [1.82, 2.24) is 24.9 Å². The SMILES string of the molecule is c1ccc(-c2cccc(-c3nc(-c4ccccc4)nc(-c4cccc5sc6ccc(-c7nc(-c8ccccc8)nc8c7sc7ccccc78)cc6c45)n3)c2)cc1. The van der Waals surface area contributed by atoms with Crippen LogP contribution in [-0.4, -0.2) is 24.9 Å². The van der Waals surface area contributed by atoms with Gasteiger partial charge in [-0.05, 0) is 41.5 Å². The molecule has 0 aliphatic rings. The molecule has 0 atom stereocenters. The molecule has 0 amide bonds. The number of hydrogen-bond acceptors (Lipinski definition) is 7. The number of rotatable bonds is 6. The van der Waals surface area contributed by atoms with Crippen LogP contribution in [0.3, 0.4) is 0 Å². The van der Waals surface area contributed by atoms with E-state index in [4.69, 9.17) is 24.9 Å². The Kier molecular flexibility index (Phi) is 7.79. The fourth-order valence-electron chi connectivity index (χ4n) is 7.47. The molecule has 0 radical (unpaired) electrons. The Bertz CT molecular complexity index is 3250. The molecule has 11 rings (SSSR count). The van der Waals surface area contributed by atoms with Gasteiger partial charge in [-0.15, -0.1) is 22.7 Å². The van der Waals surface area contributed by atoms with Gasteiger partial charge < -0.3 is 0 Å². The second-order valence-electron chi connectivity index (χ2n) is 13.6. The predicted molar refractivity (Wildman–Crippen MR) is 234 cm³/mol. The number of nitrogens with zero attached hydrogens (tertiary/aromatic N) is 5. The molecule has 7 aromatic carbocycles. The molecule has 0 aliphatic carbocycles. The molecular weight excluding hydrogens is 723 g/mol. The van der Waals surface area contributed by atoms with Gasteiger partial charge >= 0.3 is 0 Å². The molecule has 0 unspecified atom stereocenters. The number of benzene rings is 7. The first kappa shape index (κ1) is 32.5. The summed E-state index contributed by atoms with van der Waals surface area (Å²) in [4.78, 5) is 25.9. The van der Waals surface area contributed by atoms with Crippen LogP contribution in [0.1, 0.15) is 0 Å².